The maximum absolute atomic E-state index is 11.9. The van der Waals surface area contributed by atoms with E-state index in [0.717, 1.165) is 51.1 Å². The minimum atomic E-state index is 0.291. The Morgan fingerprint density at radius 3 is 2.82 bits per heavy atom. The van der Waals surface area contributed by atoms with Crippen LogP contribution in [0, 0.1) is 5.92 Å². The average molecular weight is 240 g/mol. The van der Waals surface area contributed by atoms with Crippen molar-refractivity contribution < 1.29 is 4.79 Å². The molecule has 17 heavy (non-hydrogen) atoms. The van der Waals surface area contributed by atoms with Crippen LogP contribution in [0.1, 0.15) is 58.8 Å². The smallest absolute Gasteiger partial charge is 0.222 e. The first-order valence-corrected chi connectivity index (χ1v) is 7.16. The molecule has 1 aliphatic rings. The van der Waals surface area contributed by atoms with E-state index in [-0.39, 0.29) is 0 Å². The van der Waals surface area contributed by atoms with Crippen molar-refractivity contribution in [1.82, 2.24) is 4.90 Å². The molecule has 0 aromatic carbocycles. The van der Waals surface area contributed by atoms with Gasteiger partial charge in [-0.15, -0.1) is 0 Å². The summed E-state index contributed by atoms with van der Waals surface area (Å²) < 4.78 is 0. The summed E-state index contributed by atoms with van der Waals surface area (Å²) in [6.45, 7) is 6.17. The molecule has 1 heterocycles. The summed E-state index contributed by atoms with van der Waals surface area (Å²) in [6, 6.07) is 0.291. The highest BCUT2D eigenvalue weighted by Crippen LogP contribution is 2.21. The number of carbonyl (C=O) groups excluding carboxylic acids is 1. The van der Waals surface area contributed by atoms with Gasteiger partial charge in [-0.3, -0.25) is 4.79 Å². The molecule has 1 aliphatic heterocycles. The molecular formula is C14H28N2O. The molecule has 0 aromatic rings. The van der Waals surface area contributed by atoms with Gasteiger partial charge < -0.3 is 10.6 Å². The standard InChI is InChI=1S/C14H28N2O/c1-3-13-7-8-14(17)16(11-9-13)10-5-4-6-12(2)15/h12-13H,3-11,15H2,1-2H3. The maximum Gasteiger partial charge on any atom is 0.222 e. The van der Waals surface area contributed by atoms with Crippen molar-refractivity contribution in [3.63, 3.8) is 0 Å². The number of rotatable bonds is 6. The third-order valence-electron chi connectivity index (χ3n) is 3.84. The van der Waals surface area contributed by atoms with Crippen LogP contribution in [-0.4, -0.2) is 29.9 Å². The molecule has 2 atom stereocenters. The van der Waals surface area contributed by atoms with Crippen molar-refractivity contribution in [2.45, 2.75) is 64.8 Å². The molecule has 0 radical (unpaired) electrons. The molecule has 0 spiro atoms. The highest BCUT2D eigenvalue weighted by atomic mass is 16.2. The van der Waals surface area contributed by atoms with E-state index in [1.807, 2.05) is 6.92 Å². The minimum absolute atomic E-state index is 0.291. The van der Waals surface area contributed by atoms with Gasteiger partial charge in [0.05, 0.1) is 0 Å². The highest BCUT2D eigenvalue weighted by Gasteiger charge is 2.20. The molecular weight excluding hydrogens is 212 g/mol. The van der Waals surface area contributed by atoms with Crippen molar-refractivity contribution in [3.05, 3.63) is 0 Å². The monoisotopic (exact) mass is 240 g/mol. The summed E-state index contributed by atoms with van der Waals surface area (Å²) >= 11 is 0. The van der Waals surface area contributed by atoms with Gasteiger partial charge >= 0.3 is 0 Å². The molecule has 1 amide bonds. The Balaban J connectivity index is 2.24. The van der Waals surface area contributed by atoms with E-state index >= 15 is 0 Å². The number of unbranched alkanes of at least 4 members (excludes halogenated alkanes) is 1. The summed E-state index contributed by atoms with van der Waals surface area (Å²) in [7, 11) is 0. The van der Waals surface area contributed by atoms with Crippen LogP contribution in [0.2, 0.25) is 0 Å². The van der Waals surface area contributed by atoms with Gasteiger partial charge in [0, 0.05) is 25.6 Å². The number of nitrogens with two attached hydrogens (primary N) is 1. The Kier molecular flexibility index (Phi) is 6.56. The highest BCUT2D eigenvalue weighted by molar-refractivity contribution is 5.76. The minimum Gasteiger partial charge on any atom is -0.343 e. The van der Waals surface area contributed by atoms with Gasteiger partial charge in [-0.2, -0.15) is 0 Å². The van der Waals surface area contributed by atoms with Gasteiger partial charge in [0.25, 0.3) is 0 Å². The predicted octanol–water partition coefficient (Wildman–Crippen LogP) is 2.54. The van der Waals surface area contributed by atoms with Crippen molar-refractivity contribution in [3.8, 4) is 0 Å². The number of amides is 1. The lowest BCUT2D eigenvalue weighted by Crippen LogP contribution is -2.31. The van der Waals surface area contributed by atoms with E-state index in [1.54, 1.807) is 0 Å². The van der Waals surface area contributed by atoms with Crippen LogP contribution in [0.15, 0.2) is 0 Å². The van der Waals surface area contributed by atoms with Gasteiger partial charge in [0.15, 0.2) is 0 Å². The number of carbonyl (C=O) groups is 1. The van der Waals surface area contributed by atoms with E-state index in [9.17, 15) is 4.79 Å². The van der Waals surface area contributed by atoms with E-state index in [0.29, 0.717) is 11.9 Å². The van der Waals surface area contributed by atoms with Crippen LogP contribution >= 0.6 is 0 Å². The third kappa shape index (κ3) is 5.53. The van der Waals surface area contributed by atoms with Crippen LogP contribution in [-0.2, 0) is 4.79 Å². The molecule has 2 N–H and O–H groups in total. The number of hydrogen-bond acceptors (Lipinski definition) is 2. The molecule has 1 rings (SSSR count). The summed E-state index contributed by atoms with van der Waals surface area (Å²) in [6.07, 6.45) is 7.56. The normalized spacial score (nSPS) is 23.6. The largest absolute Gasteiger partial charge is 0.343 e. The lowest BCUT2D eigenvalue weighted by molar-refractivity contribution is -0.130. The fourth-order valence-corrected chi connectivity index (χ4v) is 2.51. The van der Waals surface area contributed by atoms with Crippen LogP contribution in [0.4, 0.5) is 0 Å². The second-order valence-electron chi connectivity index (χ2n) is 5.46. The first-order chi connectivity index (χ1) is 8.13. The summed E-state index contributed by atoms with van der Waals surface area (Å²) in [5, 5.41) is 0. The second-order valence-corrected chi connectivity index (χ2v) is 5.46. The average Bonchev–Trinajstić information content (AvgIpc) is 2.47. The quantitative estimate of drug-likeness (QED) is 0.725. The van der Waals surface area contributed by atoms with E-state index < -0.39 is 0 Å². The molecule has 0 aliphatic carbocycles. The van der Waals surface area contributed by atoms with E-state index in [4.69, 9.17) is 5.73 Å². The van der Waals surface area contributed by atoms with Gasteiger partial charge in [-0.1, -0.05) is 19.8 Å². The molecule has 2 unspecified atom stereocenters. The summed E-state index contributed by atoms with van der Waals surface area (Å²) in [5.41, 5.74) is 5.72. The molecule has 100 valence electrons. The summed E-state index contributed by atoms with van der Waals surface area (Å²) in [4.78, 5) is 14.0. The molecule has 0 aromatic heterocycles. The zero-order valence-corrected chi connectivity index (χ0v) is 11.5. The van der Waals surface area contributed by atoms with Gasteiger partial charge in [-0.05, 0) is 38.5 Å². The zero-order valence-electron chi connectivity index (χ0n) is 11.5. The maximum atomic E-state index is 11.9. The second kappa shape index (κ2) is 7.70. The fourth-order valence-electron chi connectivity index (χ4n) is 2.51. The van der Waals surface area contributed by atoms with Crippen LogP contribution in [0.25, 0.3) is 0 Å². The predicted molar refractivity (Wildman–Crippen MR) is 71.7 cm³/mol. The van der Waals surface area contributed by atoms with Crippen molar-refractivity contribution in [2.24, 2.45) is 11.7 Å². The van der Waals surface area contributed by atoms with Crippen LogP contribution < -0.4 is 5.73 Å². The Morgan fingerprint density at radius 1 is 1.41 bits per heavy atom. The third-order valence-corrected chi connectivity index (χ3v) is 3.84. The Labute approximate surface area is 106 Å². The Morgan fingerprint density at radius 2 is 2.18 bits per heavy atom. The lowest BCUT2D eigenvalue weighted by Gasteiger charge is -2.20. The fraction of sp³-hybridized carbons (Fsp3) is 0.929. The molecule has 0 saturated carbocycles. The SMILES string of the molecule is CCC1CCC(=O)N(CCCCC(C)N)CC1. The van der Waals surface area contributed by atoms with Crippen molar-refractivity contribution in [1.29, 1.82) is 0 Å². The molecule has 0 bridgehead atoms. The van der Waals surface area contributed by atoms with Crippen LogP contribution in [0.5, 0.6) is 0 Å². The molecule has 3 nitrogen and oxygen atoms in total. The van der Waals surface area contributed by atoms with Gasteiger partial charge in [0.1, 0.15) is 0 Å². The van der Waals surface area contributed by atoms with E-state index in [2.05, 4.69) is 11.8 Å². The van der Waals surface area contributed by atoms with Gasteiger partial charge in [-0.25, -0.2) is 0 Å². The molecule has 1 fully saturated rings. The van der Waals surface area contributed by atoms with Crippen LogP contribution in [0.3, 0.4) is 0 Å². The zero-order chi connectivity index (χ0) is 12.7. The van der Waals surface area contributed by atoms with Crippen molar-refractivity contribution >= 4 is 5.91 Å². The van der Waals surface area contributed by atoms with Crippen molar-refractivity contribution in [2.75, 3.05) is 13.1 Å². The topological polar surface area (TPSA) is 46.3 Å². The Bertz CT molecular complexity index is 228. The Hall–Kier alpha value is -0.570. The first kappa shape index (κ1) is 14.5. The molecule has 3 heteroatoms. The van der Waals surface area contributed by atoms with Gasteiger partial charge in [0.2, 0.25) is 5.91 Å². The first-order valence-electron chi connectivity index (χ1n) is 7.16. The lowest BCUT2D eigenvalue weighted by atomic mass is 9.98. The summed E-state index contributed by atoms with van der Waals surface area (Å²) in [5.74, 6) is 1.12. The number of likely N-dealkylation sites (tertiary alicyclic amines) is 1. The number of hydrogen-bond donors (Lipinski definition) is 1. The number of nitrogens with zero attached hydrogens (tertiary/aromatic N) is 1. The molecule has 1 saturated heterocycles. The van der Waals surface area contributed by atoms with E-state index in [1.165, 1.54) is 12.8 Å².